The number of hydrogen-bond donors (Lipinski definition) is 2. The first-order chi connectivity index (χ1) is 9.26. The Morgan fingerprint density at radius 3 is 2.74 bits per heavy atom. The molecular formula is C14H14N4O. The van der Waals surface area contributed by atoms with Gasteiger partial charge in [-0.3, -0.25) is 9.98 Å². The van der Waals surface area contributed by atoms with Crippen LogP contribution in [0.2, 0.25) is 0 Å². The minimum atomic E-state index is -0.247. The van der Waals surface area contributed by atoms with E-state index in [9.17, 15) is 5.11 Å². The summed E-state index contributed by atoms with van der Waals surface area (Å²) in [5.41, 5.74) is 2.75. The summed E-state index contributed by atoms with van der Waals surface area (Å²) in [6.45, 7) is 0. The SMILES string of the molecule is N=C/C(=N/C1CC(O)C1)c1cnc2ccccc2n1. The molecule has 2 aromatic rings. The van der Waals surface area contributed by atoms with Crippen LogP contribution in [0.5, 0.6) is 0 Å². The molecule has 3 rings (SSSR count). The van der Waals surface area contributed by atoms with Crippen LogP contribution in [0, 0.1) is 5.41 Å². The molecule has 2 N–H and O–H groups in total. The Balaban J connectivity index is 1.94. The number of hydrogen-bond acceptors (Lipinski definition) is 5. The van der Waals surface area contributed by atoms with E-state index in [-0.39, 0.29) is 12.1 Å². The van der Waals surface area contributed by atoms with Crippen LogP contribution < -0.4 is 0 Å². The summed E-state index contributed by atoms with van der Waals surface area (Å²) in [5.74, 6) is 0. The molecule has 19 heavy (non-hydrogen) atoms. The molecule has 1 fully saturated rings. The lowest BCUT2D eigenvalue weighted by molar-refractivity contribution is 0.0779. The molecule has 5 nitrogen and oxygen atoms in total. The van der Waals surface area contributed by atoms with E-state index >= 15 is 0 Å². The Morgan fingerprint density at radius 2 is 2.05 bits per heavy atom. The fourth-order valence-corrected chi connectivity index (χ4v) is 2.12. The van der Waals surface area contributed by atoms with E-state index in [4.69, 9.17) is 5.41 Å². The third-order valence-electron chi connectivity index (χ3n) is 3.26. The number of nitrogens with one attached hydrogen (secondary N) is 1. The first kappa shape index (κ1) is 11.9. The Labute approximate surface area is 110 Å². The smallest absolute Gasteiger partial charge is 0.109 e. The van der Waals surface area contributed by atoms with Gasteiger partial charge in [0.1, 0.15) is 11.4 Å². The Kier molecular flexibility index (Phi) is 3.05. The van der Waals surface area contributed by atoms with Crippen LogP contribution in [0.15, 0.2) is 35.5 Å². The van der Waals surface area contributed by atoms with E-state index in [1.54, 1.807) is 6.20 Å². The molecule has 0 amide bonds. The maximum Gasteiger partial charge on any atom is 0.109 e. The summed E-state index contributed by atoms with van der Waals surface area (Å²) in [7, 11) is 0. The van der Waals surface area contributed by atoms with E-state index in [2.05, 4.69) is 15.0 Å². The average Bonchev–Trinajstić information content (AvgIpc) is 2.42. The highest BCUT2D eigenvalue weighted by molar-refractivity contribution is 6.36. The quantitative estimate of drug-likeness (QED) is 0.816. The van der Waals surface area contributed by atoms with Crippen LogP contribution in [0.4, 0.5) is 0 Å². The number of aliphatic imine (C=N–C) groups is 1. The second kappa shape index (κ2) is 4.85. The Morgan fingerprint density at radius 1 is 1.32 bits per heavy atom. The third kappa shape index (κ3) is 2.37. The second-order valence-electron chi connectivity index (χ2n) is 4.68. The van der Waals surface area contributed by atoms with Gasteiger partial charge in [0.25, 0.3) is 0 Å². The number of aromatic nitrogens is 2. The van der Waals surface area contributed by atoms with Crippen molar-refractivity contribution in [1.29, 1.82) is 5.41 Å². The van der Waals surface area contributed by atoms with Crippen molar-refractivity contribution < 1.29 is 5.11 Å². The predicted octanol–water partition coefficient (Wildman–Crippen LogP) is 1.59. The third-order valence-corrected chi connectivity index (χ3v) is 3.26. The highest BCUT2D eigenvalue weighted by Crippen LogP contribution is 2.23. The molecule has 0 saturated heterocycles. The fraction of sp³-hybridized carbons (Fsp3) is 0.286. The zero-order valence-corrected chi connectivity index (χ0v) is 10.3. The molecule has 1 saturated carbocycles. The van der Waals surface area contributed by atoms with E-state index < -0.39 is 0 Å². The normalized spacial score (nSPS) is 23.1. The van der Waals surface area contributed by atoms with Gasteiger partial charge in [0.05, 0.1) is 29.4 Å². The lowest BCUT2D eigenvalue weighted by Gasteiger charge is -2.28. The second-order valence-corrected chi connectivity index (χ2v) is 4.68. The van der Waals surface area contributed by atoms with Crippen molar-refractivity contribution in [1.82, 2.24) is 9.97 Å². The topological polar surface area (TPSA) is 82.2 Å². The van der Waals surface area contributed by atoms with Gasteiger partial charge in [-0.25, -0.2) is 4.98 Å². The van der Waals surface area contributed by atoms with Crippen LogP contribution in [-0.4, -0.2) is 39.1 Å². The van der Waals surface area contributed by atoms with Gasteiger partial charge in [-0.05, 0) is 25.0 Å². The average molecular weight is 254 g/mol. The molecule has 0 bridgehead atoms. The zero-order chi connectivity index (χ0) is 13.2. The van der Waals surface area contributed by atoms with Crippen molar-refractivity contribution in [3.63, 3.8) is 0 Å². The zero-order valence-electron chi connectivity index (χ0n) is 10.3. The molecule has 96 valence electrons. The first-order valence-electron chi connectivity index (χ1n) is 6.25. The largest absolute Gasteiger partial charge is 0.393 e. The van der Waals surface area contributed by atoms with Gasteiger partial charge < -0.3 is 10.5 Å². The predicted molar refractivity (Wildman–Crippen MR) is 73.9 cm³/mol. The molecule has 0 atom stereocenters. The van der Waals surface area contributed by atoms with Crippen LogP contribution in [0.25, 0.3) is 11.0 Å². The van der Waals surface area contributed by atoms with Gasteiger partial charge in [0.15, 0.2) is 0 Å². The van der Waals surface area contributed by atoms with E-state index in [0.29, 0.717) is 24.2 Å². The number of aliphatic hydroxyl groups excluding tert-OH is 1. The summed E-state index contributed by atoms with van der Waals surface area (Å²) >= 11 is 0. The van der Waals surface area contributed by atoms with Crippen LogP contribution in [0.1, 0.15) is 18.5 Å². The first-order valence-corrected chi connectivity index (χ1v) is 6.25. The van der Waals surface area contributed by atoms with Crippen molar-refractivity contribution in [3.8, 4) is 0 Å². The van der Waals surface area contributed by atoms with Crippen molar-refractivity contribution in [2.75, 3.05) is 0 Å². The molecule has 0 radical (unpaired) electrons. The van der Waals surface area contributed by atoms with E-state index in [0.717, 1.165) is 11.0 Å². The van der Waals surface area contributed by atoms with Crippen molar-refractivity contribution in [2.45, 2.75) is 25.0 Å². The fourth-order valence-electron chi connectivity index (χ4n) is 2.12. The van der Waals surface area contributed by atoms with Crippen LogP contribution in [-0.2, 0) is 0 Å². The number of para-hydroxylation sites is 2. The number of fused-ring (bicyclic) bond motifs is 1. The molecule has 0 spiro atoms. The maximum absolute atomic E-state index is 9.26. The number of nitrogens with zero attached hydrogens (tertiary/aromatic N) is 3. The van der Waals surface area contributed by atoms with Crippen molar-refractivity contribution in [2.24, 2.45) is 4.99 Å². The highest BCUT2D eigenvalue weighted by Gasteiger charge is 2.27. The van der Waals surface area contributed by atoms with Crippen molar-refractivity contribution in [3.05, 3.63) is 36.2 Å². The van der Waals surface area contributed by atoms with Gasteiger partial charge in [-0.15, -0.1) is 0 Å². The summed E-state index contributed by atoms with van der Waals surface area (Å²) < 4.78 is 0. The Hall–Kier alpha value is -2.14. The standard InChI is InChI=1S/C14H14N4O/c15-7-13(17-9-5-10(19)6-9)14-8-16-11-3-1-2-4-12(11)18-14/h1-4,7-10,15,19H,5-6H2/b15-7?,17-13-. The lowest BCUT2D eigenvalue weighted by atomic mass is 9.90. The summed E-state index contributed by atoms with van der Waals surface area (Å²) in [6, 6.07) is 7.71. The molecule has 1 aliphatic carbocycles. The van der Waals surface area contributed by atoms with Gasteiger partial charge in [-0.2, -0.15) is 0 Å². The van der Waals surface area contributed by atoms with Crippen molar-refractivity contribution >= 4 is 23.0 Å². The molecule has 5 heteroatoms. The summed E-state index contributed by atoms with van der Waals surface area (Å²) in [5, 5.41) is 16.7. The van der Waals surface area contributed by atoms with Gasteiger partial charge in [0.2, 0.25) is 0 Å². The molecule has 1 aromatic heterocycles. The molecular weight excluding hydrogens is 240 g/mol. The molecule has 1 aromatic carbocycles. The number of benzene rings is 1. The summed E-state index contributed by atoms with van der Waals surface area (Å²) in [6.07, 6.45) is 3.92. The van der Waals surface area contributed by atoms with Crippen LogP contribution >= 0.6 is 0 Å². The monoisotopic (exact) mass is 254 g/mol. The summed E-state index contributed by atoms with van der Waals surface area (Å²) in [4.78, 5) is 13.2. The van der Waals surface area contributed by atoms with E-state index in [1.165, 1.54) is 6.21 Å². The molecule has 0 unspecified atom stereocenters. The van der Waals surface area contributed by atoms with Crippen LogP contribution in [0.3, 0.4) is 0 Å². The van der Waals surface area contributed by atoms with Gasteiger partial charge >= 0.3 is 0 Å². The lowest BCUT2D eigenvalue weighted by Crippen LogP contribution is -2.32. The minimum Gasteiger partial charge on any atom is -0.393 e. The molecule has 0 aliphatic heterocycles. The van der Waals surface area contributed by atoms with Gasteiger partial charge in [-0.1, -0.05) is 12.1 Å². The number of aliphatic hydroxyl groups is 1. The Bertz CT molecular complexity index is 647. The number of rotatable bonds is 3. The highest BCUT2D eigenvalue weighted by atomic mass is 16.3. The van der Waals surface area contributed by atoms with E-state index in [1.807, 2.05) is 24.3 Å². The van der Waals surface area contributed by atoms with Gasteiger partial charge in [0, 0.05) is 6.21 Å². The molecule has 1 aliphatic rings. The molecule has 1 heterocycles. The maximum atomic E-state index is 9.26. The minimum absolute atomic E-state index is 0.0971.